The van der Waals surface area contributed by atoms with Crippen LogP contribution in [0.5, 0.6) is 0 Å². The Morgan fingerprint density at radius 2 is 1.83 bits per heavy atom. The molecular formula is C9H12N4O4S. The second-order valence-electron chi connectivity index (χ2n) is 3.13. The van der Waals surface area contributed by atoms with Crippen molar-refractivity contribution < 1.29 is 17.9 Å². The molecule has 0 aliphatic heterocycles. The lowest BCUT2D eigenvalue weighted by molar-refractivity contribution is 0.187. The molecule has 1 aromatic carbocycles. The van der Waals surface area contributed by atoms with Crippen LogP contribution in [0.3, 0.4) is 0 Å². The zero-order chi connectivity index (χ0) is 13.8. The third-order valence-electron chi connectivity index (χ3n) is 1.81. The van der Waals surface area contributed by atoms with E-state index in [-0.39, 0.29) is 4.90 Å². The summed E-state index contributed by atoms with van der Waals surface area (Å²) >= 11 is 0. The van der Waals surface area contributed by atoms with Crippen molar-refractivity contribution in [3.8, 4) is 0 Å². The Hall–Kier alpha value is -2.29. The van der Waals surface area contributed by atoms with E-state index in [1.165, 1.54) is 31.4 Å². The van der Waals surface area contributed by atoms with Gasteiger partial charge in [0.05, 0.1) is 12.0 Å². The molecule has 0 spiro atoms. The van der Waals surface area contributed by atoms with E-state index in [1.54, 1.807) is 0 Å². The molecule has 98 valence electrons. The number of sulfonamides is 1. The predicted molar refractivity (Wildman–Crippen MR) is 65.5 cm³/mol. The van der Waals surface area contributed by atoms with Crippen LogP contribution in [-0.4, -0.2) is 27.6 Å². The van der Waals surface area contributed by atoms with Gasteiger partial charge in [-0.15, -0.1) is 4.40 Å². The number of nitrogens with one attached hydrogen (secondary N) is 1. The molecular weight excluding hydrogens is 260 g/mol. The number of carbonyl (C=O) groups excluding carboxylic acids is 1. The van der Waals surface area contributed by atoms with Crippen LogP contribution in [0.1, 0.15) is 0 Å². The van der Waals surface area contributed by atoms with Gasteiger partial charge < -0.3 is 16.2 Å². The van der Waals surface area contributed by atoms with Crippen molar-refractivity contribution >= 4 is 27.8 Å². The summed E-state index contributed by atoms with van der Waals surface area (Å²) < 4.78 is 30.6. The average molecular weight is 272 g/mol. The maximum absolute atomic E-state index is 11.6. The highest BCUT2D eigenvalue weighted by Crippen LogP contribution is 2.16. The van der Waals surface area contributed by atoms with E-state index >= 15 is 0 Å². The normalized spacial score (nSPS) is 10.5. The highest BCUT2D eigenvalue weighted by molar-refractivity contribution is 7.90. The topological polar surface area (TPSA) is 137 Å². The lowest BCUT2D eigenvalue weighted by Gasteiger charge is -2.04. The maximum Gasteiger partial charge on any atom is 0.411 e. The summed E-state index contributed by atoms with van der Waals surface area (Å²) in [5.74, 6) is -0.549. The fourth-order valence-corrected chi connectivity index (χ4v) is 1.93. The van der Waals surface area contributed by atoms with E-state index in [1.807, 2.05) is 0 Å². The fraction of sp³-hybridized carbons (Fsp3) is 0.111. The maximum atomic E-state index is 11.6. The molecule has 9 heteroatoms. The van der Waals surface area contributed by atoms with Crippen molar-refractivity contribution in [2.75, 3.05) is 12.4 Å². The van der Waals surface area contributed by atoms with E-state index < -0.39 is 22.1 Å². The molecule has 1 amide bonds. The van der Waals surface area contributed by atoms with Crippen LogP contribution >= 0.6 is 0 Å². The molecule has 0 saturated carbocycles. The minimum atomic E-state index is -3.92. The zero-order valence-electron chi connectivity index (χ0n) is 9.45. The number of guanidine groups is 1. The minimum Gasteiger partial charge on any atom is -0.453 e. The van der Waals surface area contributed by atoms with Gasteiger partial charge in [0, 0.05) is 5.69 Å². The Bertz CT molecular complexity index is 561. The number of ether oxygens (including phenoxy) is 1. The van der Waals surface area contributed by atoms with Gasteiger partial charge in [0.15, 0.2) is 0 Å². The summed E-state index contributed by atoms with van der Waals surface area (Å²) in [4.78, 5) is 10.8. The molecule has 0 atom stereocenters. The number of rotatable bonds is 3. The van der Waals surface area contributed by atoms with Crippen LogP contribution in [-0.2, 0) is 14.8 Å². The number of anilines is 1. The lowest BCUT2D eigenvalue weighted by atomic mass is 10.3. The van der Waals surface area contributed by atoms with Gasteiger partial charge in [-0.2, -0.15) is 8.42 Å². The van der Waals surface area contributed by atoms with Crippen LogP contribution in [0.15, 0.2) is 33.6 Å². The summed E-state index contributed by atoms with van der Waals surface area (Å²) in [6.07, 6.45) is -0.658. The van der Waals surface area contributed by atoms with Crippen molar-refractivity contribution in [1.82, 2.24) is 0 Å². The molecule has 5 N–H and O–H groups in total. The van der Waals surface area contributed by atoms with Gasteiger partial charge in [-0.25, -0.2) is 4.79 Å². The number of amides is 1. The monoisotopic (exact) mass is 272 g/mol. The van der Waals surface area contributed by atoms with E-state index in [0.29, 0.717) is 5.69 Å². The van der Waals surface area contributed by atoms with Gasteiger partial charge in [0.25, 0.3) is 10.0 Å². The van der Waals surface area contributed by atoms with Gasteiger partial charge in [-0.3, -0.25) is 5.32 Å². The van der Waals surface area contributed by atoms with Crippen LogP contribution in [0.25, 0.3) is 0 Å². The smallest absolute Gasteiger partial charge is 0.411 e. The van der Waals surface area contributed by atoms with E-state index in [2.05, 4.69) is 14.5 Å². The number of hydrogen-bond acceptors (Lipinski definition) is 4. The standard InChI is InChI=1S/C9H12N4O4S/c1-17-9(14)12-6-2-4-7(5-3-6)18(15,16)13-8(10)11/h2-5H,1H3,(H,12,14)(H4,10,11,13). The first kappa shape index (κ1) is 13.8. The molecule has 0 unspecified atom stereocenters. The Labute approximate surface area is 104 Å². The molecule has 0 radical (unpaired) electrons. The van der Waals surface area contributed by atoms with E-state index in [4.69, 9.17) is 11.5 Å². The Morgan fingerprint density at radius 3 is 2.28 bits per heavy atom. The van der Waals surface area contributed by atoms with Crippen molar-refractivity contribution in [2.45, 2.75) is 4.90 Å². The first-order valence-corrected chi connectivity index (χ1v) is 6.10. The molecule has 0 aliphatic rings. The number of benzene rings is 1. The van der Waals surface area contributed by atoms with Gasteiger partial charge in [0.1, 0.15) is 0 Å². The largest absolute Gasteiger partial charge is 0.453 e. The molecule has 8 nitrogen and oxygen atoms in total. The van der Waals surface area contributed by atoms with Crippen LogP contribution in [0, 0.1) is 0 Å². The SMILES string of the molecule is COC(=O)Nc1ccc(S(=O)(=O)N=C(N)N)cc1. The number of nitrogens with two attached hydrogens (primary N) is 2. The van der Waals surface area contributed by atoms with Crippen molar-refractivity contribution in [3.63, 3.8) is 0 Å². The zero-order valence-corrected chi connectivity index (χ0v) is 10.3. The molecule has 0 aliphatic carbocycles. The number of nitrogens with zero attached hydrogens (tertiary/aromatic N) is 1. The summed E-state index contributed by atoms with van der Waals surface area (Å²) in [5.41, 5.74) is 10.4. The molecule has 0 aromatic heterocycles. The lowest BCUT2D eigenvalue weighted by Crippen LogP contribution is -2.24. The summed E-state index contributed by atoms with van der Waals surface area (Å²) in [7, 11) is -2.70. The fourth-order valence-electron chi connectivity index (χ4n) is 1.07. The third kappa shape index (κ3) is 3.63. The van der Waals surface area contributed by atoms with Gasteiger partial charge in [0.2, 0.25) is 5.96 Å². The van der Waals surface area contributed by atoms with Crippen LogP contribution in [0.2, 0.25) is 0 Å². The quantitative estimate of drug-likeness (QED) is 0.516. The first-order chi connectivity index (χ1) is 8.35. The molecule has 0 bridgehead atoms. The highest BCUT2D eigenvalue weighted by Gasteiger charge is 2.13. The highest BCUT2D eigenvalue weighted by atomic mass is 32.2. The Balaban J connectivity index is 2.96. The predicted octanol–water partition coefficient (Wildman–Crippen LogP) is -0.173. The molecule has 1 rings (SSSR count). The second-order valence-corrected chi connectivity index (χ2v) is 4.74. The van der Waals surface area contributed by atoms with Gasteiger partial charge in [-0.05, 0) is 24.3 Å². The van der Waals surface area contributed by atoms with E-state index in [9.17, 15) is 13.2 Å². The first-order valence-electron chi connectivity index (χ1n) is 4.66. The number of carbonyl (C=O) groups is 1. The summed E-state index contributed by atoms with van der Waals surface area (Å²) in [6, 6.07) is 5.28. The van der Waals surface area contributed by atoms with Gasteiger partial charge in [-0.1, -0.05) is 0 Å². The van der Waals surface area contributed by atoms with E-state index in [0.717, 1.165) is 0 Å². The average Bonchev–Trinajstić information content (AvgIpc) is 2.28. The van der Waals surface area contributed by atoms with Gasteiger partial charge >= 0.3 is 6.09 Å². The van der Waals surface area contributed by atoms with Crippen molar-refractivity contribution in [3.05, 3.63) is 24.3 Å². The number of hydrogen-bond donors (Lipinski definition) is 3. The summed E-state index contributed by atoms with van der Waals surface area (Å²) in [6.45, 7) is 0. The molecule has 0 heterocycles. The van der Waals surface area contributed by atoms with Crippen LogP contribution < -0.4 is 16.8 Å². The Morgan fingerprint density at radius 1 is 1.28 bits per heavy atom. The third-order valence-corrected chi connectivity index (χ3v) is 3.13. The molecule has 0 fully saturated rings. The molecule has 1 aromatic rings. The minimum absolute atomic E-state index is 0.0914. The van der Waals surface area contributed by atoms with Crippen LogP contribution in [0.4, 0.5) is 10.5 Å². The van der Waals surface area contributed by atoms with Crippen molar-refractivity contribution in [2.24, 2.45) is 15.9 Å². The second kappa shape index (κ2) is 5.36. The summed E-state index contributed by atoms with van der Waals surface area (Å²) in [5, 5.41) is 2.37. The van der Waals surface area contributed by atoms with Crippen molar-refractivity contribution in [1.29, 1.82) is 0 Å². The molecule has 18 heavy (non-hydrogen) atoms. The number of methoxy groups -OCH3 is 1. The molecule has 0 saturated heterocycles. The Kier molecular flexibility index (Phi) is 4.10.